The molecule has 8 nitrogen and oxygen atoms in total. The molecule has 0 atom stereocenters. The fraction of sp³-hybridized carbons (Fsp3) is 0.219. The van der Waals surface area contributed by atoms with Gasteiger partial charge in [0.2, 0.25) is 5.75 Å². The zero-order valence-corrected chi connectivity index (χ0v) is 24.4. The minimum Gasteiger partial charge on any atom is -0.493 e. The van der Waals surface area contributed by atoms with Gasteiger partial charge in [0, 0.05) is 16.0 Å². The monoisotopic (exact) mass is 606 g/mol. The number of carbonyl (C=O) groups is 2. The lowest BCUT2D eigenvalue weighted by Gasteiger charge is -2.14. The van der Waals surface area contributed by atoms with Gasteiger partial charge in [0.25, 0.3) is 11.7 Å². The van der Waals surface area contributed by atoms with Crippen molar-refractivity contribution in [3.8, 4) is 17.2 Å². The summed E-state index contributed by atoms with van der Waals surface area (Å²) in [5, 5.41) is 3.25. The molecule has 1 amide bonds. The number of benzene rings is 3. The second-order valence-electron chi connectivity index (χ2n) is 9.49. The van der Waals surface area contributed by atoms with Crippen molar-refractivity contribution in [1.29, 1.82) is 0 Å². The number of ether oxygens (including phenoxy) is 4. The average Bonchev–Trinajstić information content (AvgIpc) is 3.40. The molecule has 0 saturated heterocycles. The molecule has 0 saturated carbocycles. The van der Waals surface area contributed by atoms with Crippen molar-refractivity contribution >= 4 is 51.9 Å². The lowest BCUT2D eigenvalue weighted by atomic mass is 10.0. The van der Waals surface area contributed by atoms with E-state index < -0.39 is 24.2 Å². The number of allylic oxidation sites excluding steroid dienone is 1. The Hall–Kier alpha value is -4.64. The molecule has 1 aromatic heterocycles. The third kappa shape index (κ3) is 6.56. The van der Waals surface area contributed by atoms with Gasteiger partial charge in [-0.15, -0.1) is 0 Å². The Labute approximate surface area is 251 Å². The number of hydrogen-bond donors (Lipinski definition) is 1. The van der Waals surface area contributed by atoms with E-state index in [1.165, 1.54) is 24.3 Å². The third-order valence-electron chi connectivity index (χ3n) is 6.87. The van der Waals surface area contributed by atoms with Gasteiger partial charge in [-0.3, -0.25) is 4.79 Å². The van der Waals surface area contributed by atoms with E-state index in [2.05, 4.69) is 5.32 Å². The predicted molar refractivity (Wildman–Crippen MR) is 161 cm³/mol. The molecule has 5 rings (SSSR count). The summed E-state index contributed by atoms with van der Waals surface area (Å²) in [5.74, 6) is -2.21. The van der Waals surface area contributed by atoms with Crippen LogP contribution in [0.4, 0.5) is 14.5 Å². The molecule has 0 bridgehead atoms. The van der Waals surface area contributed by atoms with Crippen LogP contribution in [0.5, 0.6) is 17.2 Å². The van der Waals surface area contributed by atoms with E-state index in [4.69, 9.17) is 23.9 Å². The summed E-state index contributed by atoms with van der Waals surface area (Å²) in [4.78, 5) is 31.3. The molecular formula is C32H28F2N2O6S. The first-order valence-electron chi connectivity index (χ1n) is 13.3. The van der Waals surface area contributed by atoms with Gasteiger partial charge in [-0.1, -0.05) is 30.0 Å². The first-order valence-corrected chi connectivity index (χ1v) is 14.1. The Bertz CT molecular complexity index is 1680. The van der Waals surface area contributed by atoms with E-state index in [0.29, 0.717) is 74.6 Å². The van der Waals surface area contributed by atoms with E-state index in [0.717, 1.165) is 16.7 Å². The number of para-hydroxylation sites is 1. The van der Waals surface area contributed by atoms with Crippen LogP contribution >= 0.6 is 11.8 Å². The van der Waals surface area contributed by atoms with E-state index in [1.807, 2.05) is 36.4 Å². The number of nitrogens with zero attached hydrogens (tertiary/aromatic N) is 1. The summed E-state index contributed by atoms with van der Waals surface area (Å²) in [7, 11) is 4.65. The van der Waals surface area contributed by atoms with E-state index in [1.54, 1.807) is 27.4 Å². The van der Waals surface area contributed by atoms with Crippen LogP contribution in [-0.2, 0) is 16.0 Å². The number of hydrogen-bond acceptors (Lipinski definition) is 8. The highest BCUT2D eigenvalue weighted by molar-refractivity contribution is 7.99. The number of thioether (sulfide) groups is 1. The maximum atomic E-state index is 13.5. The Morgan fingerprint density at radius 2 is 1.67 bits per heavy atom. The van der Waals surface area contributed by atoms with Crippen LogP contribution in [0.1, 0.15) is 33.6 Å². The van der Waals surface area contributed by atoms with E-state index in [9.17, 15) is 18.4 Å². The standard InChI is InChI=1S/C32H28F2N2O6S/c1-39-25-15-18(16-26(40-2)30(25)41-3)14-19-8-13-23-28(22-6-4-5-7-24(22)36-29(19)23)31(38)42-17-27(37)35-20-9-11-21(12-10-20)43-32(33)34/h4-7,9-12,14-16,32H,8,13,17H2,1-3H3,(H,35,37)/b19-14+. The topological polar surface area (TPSA) is 96.0 Å². The molecule has 0 unspecified atom stereocenters. The maximum absolute atomic E-state index is 13.5. The summed E-state index contributed by atoms with van der Waals surface area (Å²) < 4.78 is 47.0. The highest BCUT2D eigenvalue weighted by Crippen LogP contribution is 2.41. The number of pyridine rings is 1. The Morgan fingerprint density at radius 1 is 0.977 bits per heavy atom. The minimum absolute atomic E-state index is 0.370. The molecular weight excluding hydrogens is 578 g/mol. The number of aromatic nitrogens is 1. The number of carbonyl (C=O) groups excluding carboxylic acids is 2. The van der Waals surface area contributed by atoms with Crippen LogP contribution in [0.3, 0.4) is 0 Å². The van der Waals surface area contributed by atoms with Crippen molar-refractivity contribution < 1.29 is 37.3 Å². The van der Waals surface area contributed by atoms with Crippen molar-refractivity contribution in [1.82, 2.24) is 4.98 Å². The Kier molecular flexibility index (Phi) is 9.10. The van der Waals surface area contributed by atoms with Crippen LogP contribution in [0, 0.1) is 0 Å². The molecule has 0 aliphatic heterocycles. The zero-order valence-electron chi connectivity index (χ0n) is 23.6. The summed E-state index contributed by atoms with van der Waals surface area (Å²) in [5.41, 5.74) is 4.56. The molecule has 1 aliphatic carbocycles. The summed E-state index contributed by atoms with van der Waals surface area (Å²) in [6, 6.07) is 16.9. The molecule has 1 heterocycles. The molecule has 43 heavy (non-hydrogen) atoms. The molecule has 3 aromatic carbocycles. The molecule has 1 N–H and O–H groups in total. The van der Waals surface area contributed by atoms with Gasteiger partial charge in [0.05, 0.1) is 38.1 Å². The fourth-order valence-corrected chi connectivity index (χ4v) is 5.52. The Morgan fingerprint density at radius 3 is 2.33 bits per heavy atom. The molecule has 0 radical (unpaired) electrons. The molecule has 0 spiro atoms. The lowest BCUT2D eigenvalue weighted by Crippen LogP contribution is -2.21. The fourth-order valence-electron chi connectivity index (χ4n) is 5.02. The molecule has 11 heteroatoms. The SMILES string of the molecule is COc1cc(/C=C2\CCc3c2nc2ccccc2c3C(=O)OCC(=O)Nc2ccc(SC(F)F)cc2)cc(OC)c1OC. The number of alkyl halides is 2. The largest absolute Gasteiger partial charge is 0.493 e. The Balaban J connectivity index is 1.40. The van der Waals surface area contributed by atoms with Gasteiger partial charge >= 0.3 is 5.97 Å². The molecule has 0 fully saturated rings. The number of halogens is 2. The highest BCUT2D eigenvalue weighted by atomic mass is 32.2. The number of fused-ring (bicyclic) bond motifs is 2. The van der Waals surface area contributed by atoms with Crippen LogP contribution < -0.4 is 19.5 Å². The summed E-state index contributed by atoms with van der Waals surface area (Å²) in [6.07, 6.45) is 3.17. The van der Waals surface area contributed by atoms with Crippen LogP contribution in [0.25, 0.3) is 22.6 Å². The molecule has 4 aromatic rings. The number of anilines is 1. The van der Waals surface area contributed by atoms with Gasteiger partial charge < -0.3 is 24.3 Å². The predicted octanol–water partition coefficient (Wildman–Crippen LogP) is 6.86. The van der Waals surface area contributed by atoms with Gasteiger partial charge in [0.1, 0.15) is 0 Å². The zero-order chi connectivity index (χ0) is 30.5. The number of methoxy groups -OCH3 is 3. The van der Waals surface area contributed by atoms with E-state index in [-0.39, 0.29) is 0 Å². The van der Waals surface area contributed by atoms with Gasteiger partial charge in [-0.2, -0.15) is 8.78 Å². The number of nitrogens with one attached hydrogen (secondary N) is 1. The average molecular weight is 607 g/mol. The third-order valence-corrected chi connectivity index (χ3v) is 7.59. The van der Waals surface area contributed by atoms with Crippen molar-refractivity contribution in [2.45, 2.75) is 23.5 Å². The second kappa shape index (κ2) is 13.1. The number of rotatable bonds is 10. The van der Waals surface area contributed by atoms with Crippen molar-refractivity contribution in [2.24, 2.45) is 0 Å². The highest BCUT2D eigenvalue weighted by Gasteiger charge is 2.28. The smallest absolute Gasteiger partial charge is 0.339 e. The van der Waals surface area contributed by atoms with E-state index >= 15 is 0 Å². The van der Waals surface area contributed by atoms with Crippen LogP contribution in [0.2, 0.25) is 0 Å². The first kappa shape index (κ1) is 29.8. The summed E-state index contributed by atoms with van der Waals surface area (Å²) >= 11 is 0.413. The van der Waals surface area contributed by atoms with Crippen molar-refractivity contribution in [2.75, 3.05) is 33.3 Å². The second-order valence-corrected chi connectivity index (χ2v) is 10.6. The van der Waals surface area contributed by atoms with Crippen molar-refractivity contribution in [3.05, 3.63) is 83.0 Å². The lowest BCUT2D eigenvalue weighted by molar-refractivity contribution is -0.119. The number of esters is 1. The van der Waals surface area contributed by atoms with Crippen molar-refractivity contribution in [3.63, 3.8) is 0 Å². The van der Waals surface area contributed by atoms with Gasteiger partial charge in [-0.25, -0.2) is 9.78 Å². The molecule has 222 valence electrons. The summed E-state index contributed by atoms with van der Waals surface area (Å²) in [6.45, 7) is -0.522. The molecule has 1 aliphatic rings. The quantitative estimate of drug-likeness (QED) is 0.155. The normalized spacial score (nSPS) is 13.2. The van der Waals surface area contributed by atoms with Crippen LogP contribution in [0.15, 0.2) is 65.6 Å². The minimum atomic E-state index is -2.54. The number of amides is 1. The first-order chi connectivity index (χ1) is 20.8. The van der Waals surface area contributed by atoms with Crippen LogP contribution in [-0.4, -0.2) is 50.6 Å². The van der Waals surface area contributed by atoms with Gasteiger partial charge in [-0.05, 0) is 78.1 Å². The van der Waals surface area contributed by atoms with Gasteiger partial charge in [0.15, 0.2) is 18.1 Å². The maximum Gasteiger partial charge on any atom is 0.339 e.